The van der Waals surface area contributed by atoms with Gasteiger partial charge in [0.1, 0.15) is 6.10 Å². The van der Waals surface area contributed by atoms with Crippen LogP contribution in [0.1, 0.15) is 58.3 Å². The molecule has 2 saturated carbocycles. The van der Waals surface area contributed by atoms with Crippen molar-refractivity contribution in [3.8, 4) is 0 Å². The number of ether oxygens (including phenoxy) is 1. The van der Waals surface area contributed by atoms with Crippen molar-refractivity contribution in [1.29, 1.82) is 0 Å². The lowest BCUT2D eigenvalue weighted by Crippen LogP contribution is -2.28. The Morgan fingerprint density at radius 3 is 2.44 bits per heavy atom. The van der Waals surface area contributed by atoms with Crippen molar-refractivity contribution in [2.75, 3.05) is 6.61 Å². The molecule has 2 fully saturated rings. The van der Waals surface area contributed by atoms with Gasteiger partial charge in [0.25, 0.3) is 0 Å². The number of Topliss-reactive ketones (excluding diaryl/α,β-unsaturated/α-hetero) is 1. The van der Waals surface area contributed by atoms with Gasteiger partial charge < -0.3 is 4.74 Å². The molecule has 0 saturated heterocycles. The summed E-state index contributed by atoms with van der Waals surface area (Å²) in [6.45, 7) is 2.67. The highest BCUT2D eigenvalue weighted by atomic mass is 16.5. The largest absolute Gasteiger partial charge is 0.370 e. The van der Waals surface area contributed by atoms with E-state index in [0.29, 0.717) is 24.2 Å². The molecular formula is C14H24O2. The van der Waals surface area contributed by atoms with Crippen LogP contribution in [0.3, 0.4) is 0 Å². The zero-order valence-corrected chi connectivity index (χ0v) is 10.4. The van der Waals surface area contributed by atoms with E-state index >= 15 is 0 Å². The van der Waals surface area contributed by atoms with E-state index in [1.54, 1.807) is 0 Å². The van der Waals surface area contributed by atoms with Crippen LogP contribution in [0.2, 0.25) is 0 Å². The molecule has 2 heteroatoms. The minimum absolute atomic E-state index is 0.0630. The van der Waals surface area contributed by atoms with Crippen LogP contribution in [0, 0.1) is 11.8 Å². The van der Waals surface area contributed by atoms with E-state index in [1.165, 1.54) is 44.9 Å². The normalized spacial score (nSPS) is 24.3. The van der Waals surface area contributed by atoms with Gasteiger partial charge in [0.15, 0.2) is 5.78 Å². The SMILES string of the molecule is CCOC(C(=O)CC1CCCCC1)C1CC1. The molecule has 2 rings (SSSR count). The maximum absolute atomic E-state index is 12.2. The molecular weight excluding hydrogens is 200 g/mol. The summed E-state index contributed by atoms with van der Waals surface area (Å²) < 4.78 is 5.62. The number of hydrogen-bond donors (Lipinski definition) is 0. The van der Waals surface area contributed by atoms with Gasteiger partial charge in [0.2, 0.25) is 0 Å². The van der Waals surface area contributed by atoms with E-state index in [4.69, 9.17) is 4.74 Å². The zero-order valence-electron chi connectivity index (χ0n) is 10.4. The van der Waals surface area contributed by atoms with Gasteiger partial charge in [-0.1, -0.05) is 32.1 Å². The quantitative estimate of drug-likeness (QED) is 0.691. The fourth-order valence-corrected chi connectivity index (χ4v) is 2.86. The summed E-state index contributed by atoms with van der Waals surface area (Å²) >= 11 is 0. The second-order valence-corrected chi connectivity index (χ2v) is 5.39. The molecule has 1 unspecified atom stereocenters. The Bertz CT molecular complexity index is 227. The molecule has 0 bridgehead atoms. The topological polar surface area (TPSA) is 26.3 Å². The third-order valence-electron chi connectivity index (χ3n) is 3.93. The van der Waals surface area contributed by atoms with E-state index < -0.39 is 0 Å². The fourth-order valence-electron chi connectivity index (χ4n) is 2.86. The van der Waals surface area contributed by atoms with Crippen LogP contribution >= 0.6 is 0 Å². The molecule has 0 aliphatic heterocycles. The Hall–Kier alpha value is -0.370. The molecule has 0 radical (unpaired) electrons. The average molecular weight is 224 g/mol. The van der Waals surface area contributed by atoms with E-state index in [1.807, 2.05) is 6.92 Å². The summed E-state index contributed by atoms with van der Waals surface area (Å²) in [4.78, 5) is 12.2. The smallest absolute Gasteiger partial charge is 0.162 e. The Morgan fingerprint density at radius 1 is 1.19 bits per heavy atom. The first-order valence-electron chi connectivity index (χ1n) is 6.95. The van der Waals surface area contributed by atoms with Crippen LogP contribution in [0.15, 0.2) is 0 Å². The lowest BCUT2D eigenvalue weighted by Gasteiger charge is -2.23. The number of rotatable bonds is 6. The molecule has 2 aliphatic carbocycles. The highest BCUT2D eigenvalue weighted by Gasteiger charge is 2.37. The van der Waals surface area contributed by atoms with E-state index in [9.17, 15) is 4.79 Å². The Labute approximate surface area is 98.7 Å². The minimum atomic E-state index is -0.0630. The average Bonchev–Trinajstić information content (AvgIpc) is 3.11. The number of carbonyl (C=O) groups excluding carboxylic acids is 1. The predicted molar refractivity (Wildman–Crippen MR) is 64.3 cm³/mol. The van der Waals surface area contributed by atoms with Crippen LogP contribution in [0.5, 0.6) is 0 Å². The molecule has 0 N–H and O–H groups in total. The van der Waals surface area contributed by atoms with Crippen LogP contribution in [0.4, 0.5) is 0 Å². The van der Waals surface area contributed by atoms with Gasteiger partial charge in [0.05, 0.1) is 0 Å². The number of carbonyl (C=O) groups is 1. The molecule has 0 heterocycles. The third kappa shape index (κ3) is 3.31. The van der Waals surface area contributed by atoms with Crippen LogP contribution in [0.25, 0.3) is 0 Å². The molecule has 0 aromatic rings. The first-order valence-corrected chi connectivity index (χ1v) is 6.95. The molecule has 92 valence electrons. The van der Waals surface area contributed by atoms with Gasteiger partial charge in [-0.3, -0.25) is 4.79 Å². The summed E-state index contributed by atoms with van der Waals surface area (Å²) in [7, 11) is 0. The Balaban J connectivity index is 1.79. The highest BCUT2D eigenvalue weighted by Crippen LogP contribution is 2.36. The van der Waals surface area contributed by atoms with Gasteiger partial charge in [-0.05, 0) is 31.6 Å². The van der Waals surface area contributed by atoms with Gasteiger partial charge in [-0.15, -0.1) is 0 Å². The highest BCUT2D eigenvalue weighted by molar-refractivity contribution is 5.84. The standard InChI is InChI=1S/C14H24O2/c1-2-16-14(12-8-9-12)13(15)10-11-6-4-3-5-7-11/h11-12,14H,2-10H2,1H3. The molecule has 1 atom stereocenters. The zero-order chi connectivity index (χ0) is 11.4. The first kappa shape index (κ1) is 12.1. The van der Waals surface area contributed by atoms with Crippen molar-refractivity contribution in [3.05, 3.63) is 0 Å². The van der Waals surface area contributed by atoms with Crippen molar-refractivity contribution in [2.45, 2.75) is 64.4 Å². The van der Waals surface area contributed by atoms with E-state index in [2.05, 4.69) is 0 Å². The lowest BCUT2D eigenvalue weighted by molar-refractivity contribution is -0.132. The summed E-state index contributed by atoms with van der Waals surface area (Å²) in [5.74, 6) is 1.59. The van der Waals surface area contributed by atoms with Crippen LogP contribution < -0.4 is 0 Å². The Morgan fingerprint density at radius 2 is 1.88 bits per heavy atom. The van der Waals surface area contributed by atoms with Crippen molar-refractivity contribution >= 4 is 5.78 Å². The molecule has 0 amide bonds. The van der Waals surface area contributed by atoms with Gasteiger partial charge in [-0.2, -0.15) is 0 Å². The maximum atomic E-state index is 12.2. The molecule has 16 heavy (non-hydrogen) atoms. The molecule has 2 aliphatic rings. The van der Waals surface area contributed by atoms with Gasteiger partial charge >= 0.3 is 0 Å². The lowest BCUT2D eigenvalue weighted by atomic mass is 9.84. The number of ketones is 1. The maximum Gasteiger partial charge on any atom is 0.162 e. The third-order valence-corrected chi connectivity index (χ3v) is 3.93. The molecule has 0 aromatic carbocycles. The van der Waals surface area contributed by atoms with E-state index in [0.717, 1.165) is 6.42 Å². The predicted octanol–water partition coefficient (Wildman–Crippen LogP) is 3.34. The van der Waals surface area contributed by atoms with Crippen LogP contribution in [-0.2, 0) is 9.53 Å². The van der Waals surface area contributed by atoms with Crippen molar-refractivity contribution < 1.29 is 9.53 Å². The van der Waals surface area contributed by atoms with Gasteiger partial charge in [0, 0.05) is 13.0 Å². The van der Waals surface area contributed by atoms with E-state index in [-0.39, 0.29) is 6.10 Å². The Kier molecular flexibility index (Phi) is 4.39. The molecule has 0 aromatic heterocycles. The molecule has 2 nitrogen and oxygen atoms in total. The summed E-state index contributed by atoms with van der Waals surface area (Å²) in [6.07, 6.45) is 9.63. The number of hydrogen-bond acceptors (Lipinski definition) is 2. The van der Waals surface area contributed by atoms with Crippen molar-refractivity contribution in [1.82, 2.24) is 0 Å². The van der Waals surface area contributed by atoms with Crippen molar-refractivity contribution in [2.24, 2.45) is 11.8 Å². The fraction of sp³-hybridized carbons (Fsp3) is 0.929. The minimum Gasteiger partial charge on any atom is -0.370 e. The van der Waals surface area contributed by atoms with Crippen LogP contribution in [-0.4, -0.2) is 18.5 Å². The monoisotopic (exact) mass is 224 g/mol. The van der Waals surface area contributed by atoms with Crippen molar-refractivity contribution in [3.63, 3.8) is 0 Å². The second-order valence-electron chi connectivity index (χ2n) is 5.39. The summed E-state index contributed by atoms with van der Waals surface area (Å²) in [5.41, 5.74) is 0. The summed E-state index contributed by atoms with van der Waals surface area (Å²) in [6, 6.07) is 0. The van der Waals surface area contributed by atoms with Gasteiger partial charge in [-0.25, -0.2) is 0 Å². The molecule has 0 spiro atoms. The second kappa shape index (κ2) is 5.81. The first-order chi connectivity index (χ1) is 7.81. The summed E-state index contributed by atoms with van der Waals surface area (Å²) in [5, 5.41) is 0.